The smallest absolute Gasteiger partial charge is 0.260 e. The number of aromatic nitrogens is 2. The maximum atomic E-state index is 12.5. The fourth-order valence-electron chi connectivity index (χ4n) is 3.09. The number of ether oxygens (including phenoxy) is 1. The Morgan fingerprint density at radius 2 is 2.24 bits per heavy atom. The van der Waals surface area contributed by atoms with Crippen LogP contribution in [0.5, 0.6) is 5.75 Å². The molecule has 1 amide bonds. The van der Waals surface area contributed by atoms with Gasteiger partial charge in [-0.15, -0.1) is 0 Å². The van der Waals surface area contributed by atoms with Crippen molar-refractivity contribution in [2.24, 2.45) is 0 Å². The van der Waals surface area contributed by atoms with Crippen LogP contribution in [-0.4, -0.2) is 22.1 Å². The minimum atomic E-state index is -0.123. The second-order valence-corrected chi connectivity index (χ2v) is 5.51. The van der Waals surface area contributed by atoms with Crippen LogP contribution >= 0.6 is 0 Å². The van der Waals surface area contributed by atoms with Gasteiger partial charge in [0.1, 0.15) is 17.4 Å². The Hall–Kier alpha value is -2.30. The molecule has 1 N–H and O–H groups in total. The average molecular weight is 283 g/mol. The number of hydrogen-bond acceptors (Lipinski definition) is 3. The summed E-state index contributed by atoms with van der Waals surface area (Å²) in [6, 6.07) is 5.74. The number of benzene rings is 1. The highest BCUT2D eigenvalue weighted by molar-refractivity contribution is 6.06. The third-order valence-corrected chi connectivity index (χ3v) is 4.17. The first kappa shape index (κ1) is 12.4. The first-order valence-electron chi connectivity index (χ1n) is 7.43. The first-order valence-corrected chi connectivity index (χ1v) is 7.43. The summed E-state index contributed by atoms with van der Waals surface area (Å²) in [7, 11) is 0. The molecule has 0 aliphatic carbocycles. The summed E-state index contributed by atoms with van der Waals surface area (Å²) < 4.78 is 7.70. The molecule has 1 aromatic heterocycles. The number of rotatable bonds is 2. The van der Waals surface area contributed by atoms with Gasteiger partial charge in [-0.05, 0) is 24.5 Å². The van der Waals surface area contributed by atoms with Crippen molar-refractivity contribution in [2.45, 2.75) is 32.2 Å². The topological polar surface area (TPSA) is 56.2 Å². The van der Waals surface area contributed by atoms with Crippen molar-refractivity contribution in [2.75, 3.05) is 11.9 Å². The number of amides is 1. The molecule has 4 rings (SSSR count). The quantitative estimate of drug-likeness (QED) is 0.920. The van der Waals surface area contributed by atoms with E-state index in [0.717, 1.165) is 48.8 Å². The van der Waals surface area contributed by atoms with Crippen LogP contribution in [0.2, 0.25) is 0 Å². The van der Waals surface area contributed by atoms with Crippen LogP contribution in [-0.2, 0) is 19.4 Å². The molecule has 0 unspecified atom stereocenters. The fourth-order valence-corrected chi connectivity index (χ4v) is 3.09. The Labute approximate surface area is 122 Å². The molecule has 0 bridgehead atoms. The van der Waals surface area contributed by atoms with E-state index >= 15 is 0 Å². The molecule has 0 saturated carbocycles. The lowest BCUT2D eigenvalue weighted by Gasteiger charge is -2.16. The van der Waals surface area contributed by atoms with Crippen LogP contribution in [0.4, 0.5) is 5.82 Å². The maximum Gasteiger partial charge on any atom is 0.260 e. The molecule has 0 saturated heterocycles. The zero-order chi connectivity index (χ0) is 14.2. The third kappa shape index (κ3) is 2.09. The lowest BCUT2D eigenvalue weighted by atomic mass is 10.1. The highest BCUT2D eigenvalue weighted by Crippen LogP contribution is 2.30. The second-order valence-electron chi connectivity index (χ2n) is 5.51. The van der Waals surface area contributed by atoms with E-state index in [9.17, 15) is 4.79 Å². The number of aryl methyl sites for hydroxylation is 1. The van der Waals surface area contributed by atoms with Gasteiger partial charge in [0, 0.05) is 19.4 Å². The molecule has 5 nitrogen and oxygen atoms in total. The van der Waals surface area contributed by atoms with E-state index < -0.39 is 0 Å². The predicted octanol–water partition coefficient (Wildman–Crippen LogP) is 2.41. The molecular weight excluding hydrogens is 266 g/mol. The van der Waals surface area contributed by atoms with E-state index in [0.29, 0.717) is 12.2 Å². The molecule has 0 atom stereocenters. The van der Waals surface area contributed by atoms with Crippen molar-refractivity contribution in [1.29, 1.82) is 0 Å². The van der Waals surface area contributed by atoms with Crippen LogP contribution in [0, 0.1) is 0 Å². The Morgan fingerprint density at radius 3 is 3.19 bits per heavy atom. The molecule has 1 aromatic carbocycles. The zero-order valence-corrected chi connectivity index (χ0v) is 11.8. The molecule has 0 spiro atoms. The van der Waals surface area contributed by atoms with Gasteiger partial charge >= 0.3 is 0 Å². The van der Waals surface area contributed by atoms with E-state index in [1.165, 1.54) is 6.42 Å². The normalized spacial score (nSPS) is 16.0. The summed E-state index contributed by atoms with van der Waals surface area (Å²) in [5, 5.41) is 2.98. The van der Waals surface area contributed by atoms with Gasteiger partial charge in [0.05, 0.1) is 18.4 Å². The standard InChI is InChI=1S/C16H17N3O2/c20-16(12-5-3-4-11-7-9-21-15(11)12)18-14-10-17-13-6-1-2-8-19(13)14/h3-5,10H,1-2,6-9H2,(H,18,20). The SMILES string of the molecule is O=C(Nc1cnc2n1CCCC2)c1cccc2c1OCC2. The summed E-state index contributed by atoms with van der Waals surface area (Å²) in [6.07, 6.45) is 5.92. The van der Waals surface area contributed by atoms with Gasteiger partial charge in [-0.3, -0.25) is 4.79 Å². The van der Waals surface area contributed by atoms with Gasteiger partial charge in [-0.25, -0.2) is 4.98 Å². The number of carbonyl (C=O) groups is 1. The van der Waals surface area contributed by atoms with Gasteiger partial charge in [0.25, 0.3) is 5.91 Å². The molecule has 2 aliphatic rings. The number of nitrogens with one attached hydrogen (secondary N) is 1. The summed E-state index contributed by atoms with van der Waals surface area (Å²) in [5.41, 5.74) is 1.72. The monoisotopic (exact) mass is 283 g/mol. The maximum absolute atomic E-state index is 12.5. The highest BCUT2D eigenvalue weighted by Gasteiger charge is 2.22. The van der Waals surface area contributed by atoms with Crippen LogP contribution in [0.1, 0.15) is 34.6 Å². The lowest BCUT2D eigenvalue weighted by molar-refractivity contribution is 0.102. The highest BCUT2D eigenvalue weighted by atomic mass is 16.5. The van der Waals surface area contributed by atoms with Crippen molar-refractivity contribution < 1.29 is 9.53 Å². The fraction of sp³-hybridized carbons (Fsp3) is 0.375. The zero-order valence-electron chi connectivity index (χ0n) is 11.8. The van der Waals surface area contributed by atoms with Crippen LogP contribution < -0.4 is 10.1 Å². The van der Waals surface area contributed by atoms with E-state index in [-0.39, 0.29) is 5.91 Å². The van der Waals surface area contributed by atoms with E-state index in [4.69, 9.17) is 4.74 Å². The van der Waals surface area contributed by atoms with E-state index in [1.807, 2.05) is 18.2 Å². The molecule has 2 aromatic rings. The number of carbonyl (C=O) groups excluding carboxylic acids is 1. The van der Waals surface area contributed by atoms with Crippen LogP contribution in [0.3, 0.4) is 0 Å². The minimum Gasteiger partial charge on any atom is -0.492 e. The van der Waals surface area contributed by atoms with Crippen molar-refractivity contribution in [3.63, 3.8) is 0 Å². The predicted molar refractivity (Wildman–Crippen MR) is 78.8 cm³/mol. The van der Waals surface area contributed by atoms with E-state index in [2.05, 4.69) is 14.9 Å². The molecule has 21 heavy (non-hydrogen) atoms. The molecule has 3 heterocycles. The molecule has 2 aliphatic heterocycles. The molecule has 5 heteroatoms. The third-order valence-electron chi connectivity index (χ3n) is 4.17. The summed E-state index contributed by atoms with van der Waals surface area (Å²) in [6.45, 7) is 1.58. The summed E-state index contributed by atoms with van der Waals surface area (Å²) in [5.74, 6) is 2.45. The van der Waals surface area contributed by atoms with Crippen molar-refractivity contribution >= 4 is 11.7 Å². The largest absolute Gasteiger partial charge is 0.492 e. The first-order chi connectivity index (χ1) is 10.3. The Balaban J connectivity index is 1.62. The number of anilines is 1. The minimum absolute atomic E-state index is 0.123. The van der Waals surface area contributed by atoms with Crippen molar-refractivity contribution in [3.8, 4) is 5.75 Å². The van der Waals surface area contributed by atoms with Crippen molar-refractivity contribution in [3.05, 3.63) is 41.3 Å². The van der Waals surface area contributed by atoms with Crippen molar-refractivity contribution in [1.82, 2.24) is 9.55 Å². The molecule has 0 fully saturated rings. The van der Waals surface area contributed by atoms with Gasteiger partial charge in [-0.1, -0.05) is 12.1 Å². The number of para-hydroxylation sites is 1. The van der Waals surface area contributed by atoms with E-state index in [1.54, 1.807) is 6.20 Å². The lowest BCUT2D eigenvalue weighted by Crippen LogP contribution is -2.18. The average Bonchev–Trinajstić information content (AvgIpc) is 3.14. The Kier molecular flexibility index (Phi) is 2.91. The van der Waals surface area contributed by atoms with Crippen LogP contribution in [0.15, 0.2) is 24.4 Å². The Morgan fingerprint density at radius 1 is 1.29 bits per heavy atom. The summed E-state index contributed by atoms with van der Waals surface area (Å²) in [4.78, 5) is 16.9. The number of fused-ring (bicyclic) bond motifs is 2. The number of imidazole rings is 1. The molecule has 0 radical (unpaired) electrons. The number of nitrogens with zero attached hydrogens (tertiary/aromatic N) is 2. The van der Waals surface area contributed by atoms with Gasteiger partial charge < -0.3 is 14.6 Å². The molecular formula is C16H17N3O2. The van der Waals surface area contributed by atoms with Gasteiger partial charge in [0.15, 0.2) is 0 Å². The van der Waals surface area contributed by atoms with Gasteiger partial charge in [-0.2, -0.15) is 0 Å². The van der Waals surface area contributed by atoms with Crippen LogP contribution in [0.25, 0.3) is 0 Å². The Bertz CT molecular complexity index is 706. The molecule has 108 valence electrons. The number of hydrogen-bond donors (Lipinski definition) is 1. The van der Waals surface area contributed by atoms with Gasteiger partial charge in [0.2, 0.25) is 0 Å². The second kappa shape index (κ2) is 4.91. The summed E-state index contributed by atoms with van der Waals surface area (Å²) >= 11 is 0.